The van der Waals surface area contributed by atoms with Gasteiger partial charge in [0.25, 0.3) is 0 Å². The van der Waals surface area contributed by atoms with Gasteiger partial charge in [-0.1, -0.05) is 12.1 Å². The van der Waals surface area contributed by atoms with Gasteiger partial charge in [-0.05, 0) is 54.4 Å². The molecule has 0 unspecified atom stereocenters. The minimum absolute atomic E-state index is 0.0852. The van der Waals surface area contributed by atoms with Crippen molar-refractivity contribution in [1.82, 2.24) is 19.3 Å². The second kappa shape index (κ2) is 8.77. The third-order valence-corrected chi connectivity index (χ3v) is 6.18. The van der Waals surface area contributed by atoms with E-state index in [1.165, 1.54) is 37.6 Å². The summed E-state index contributed by atoms with van der Waals surface area (Å²) in [4.78, 5) is 43.8. The van der Waals surface area contributed by atoms with E-state index in [1.54, 1.807) is 49.5 Å². The first-order valence-electron chi connectivity index (χ1n) is 11.1. The number of hydrogen-bond donors (Lipinski definition) is 1. The second-order valence-corrected chi connectivity index (χ2v) is 8.40. The molecule has 2 N–H and O–H groups in total. The highest BCUT2D eigenvalue weighted by atomic mass is 19.1. The molecular weight excluding hydrogens is 465 g/mol. The van der Waals surface area contributed by atoms with Gasteiger partial charge in [-0.3, -0.25) is 14.6 Å². The minimum Gasteiger partial charge on any atom is -0.366 e. The fourth-order valence-corrected chi connectivity index (χ4v) is 4.29. The third kappa shape index (κ3) is 3.80. The number of aromatic nitrogens is 4. The summed E-state index contributed by atoms with van der Waals surface area (Å²) >= 11 is 0. The van der Waals surface area contributed by atoms with Gasteiger partial charge in [-0.2, -0.15) is 5.10 Å². The van der Waals surface area contributed by atoms with Crippen molar-refractivity contribution < 1.29 is 14.0 Å². The first kappa shape index (κ1) is 23.0. The number of hydrogen-bond acceptors (Lipinski definition) is 5. The van der Waals surface area contributed by atoms with Gasteiger partial charge in [-0.15, -0.1) is 0 Å². The van der Waals surface area contributed by atoms with Crippen LogP contribution in [-0.4, -0.2) is 44.4 Å². The number of aryl methyl sites for hydroxylation is 2. The molecule has 10 nitrogen and oxygen atoms in total. The van der Waals surface area contributed by atoms with E-state index in [2.05, 4.69) is 10.1 Å². The fraction of sp³-hybridized carbons (Fsp3) is 0.160. The van der Waals surface area contributed by atoms with Crippen molar-refractivity contribution in [2.45, 2.75) is 6.92 Å². The topological polar surface area (TPSA) is 119 Å². The van der Waals surface area contributed by atoms with Crippen LogP contribution in [-0.2, 0) is 7.05 Å². The summed E-state index contributed by atoms with van der Waals surface area (Å²) in [5, 5.41) is 3.96. The molecule has 1 aliphatic rings. The van der Waals surface area contributed by atoms with Crippen molar-refractivity contribution in [2.24, 2.45) is 12.8 Å². The zero-order valence-corrected chi connectivity index (χ0v) is 19.6. The molecule has 11 heteroatoms. The predicted octanol–water partition coefficient (Wildman–Crippen LogP) is 2.63. The van der Waals surface area contributed by atoms with Crippen LogP contribution in [0.1, 0.15) is 15.9 Å². The quantitative estimate of drug-likeness (QED) is 0.464. The number of amides is 3. The van der Waals surface area contributed by atoms with Crippen molar-refractivity contribution in [3.05, 3.63) is 88.5 Å². The molecule has 0 spiro atoms. The molecular formula is C25H22FN7O3. The molecule has 0 saturated carbocycles. The van der Waals surface area contributed by atoms with Crippen LogP contribution in [0.25, 0.3) is 16.8 Å². The Labute approximate surface area is 205 Å². The molecule has 1 fully saturated rings. The van der Waals surface area contributed by atoms with Gasteiger partial charge in [-0.25, -0.2) is 28.2 Å². The molecule has 36 heavy (non-hydrogen) atoms. The SMILES string of the molecule is Cc1cc(-n2cnn(C)c2=O)ccc1-c1ccnc(N2CCN(c3cccc(C(N)=O)c3)C2=O)c1F. The molecule has 2 aromatic carbocycles. The number of anilines is 2. The van der Waals surface area contributed by atoms with Crippen LogP contribution < -0.4 is 21.2 Å². The smallest absolute Gasteiger partial charge is 0.350 e. The van der Waals surface area contributed by atoms with E-state index in [4.69, 9.17) is 5.73 Å². The van der Waals surface area contributed by atoms with Crippen molar-refractivity contribution in [3.8, 4) is 16.8 Å². The number of primary amides is 1. The Bertz CT molecular complexity index is 1580. The van der Waals surface area contributed by atoms with Gasteiger partial charge >= 0.3 is 11.7 Å². The van der Waals surface area contributed by atoms with Crippen LogP contribution in [0.5, 0.6) is 0 Å². The number of halogens is 1. The Kier molecular flexibility index (Phi) is 5.59. The largest absolute Gasteiger partial charge is 0.366 e. The average Bonchev–Trinajstić information content (AvgIpc) is 3.41. The maximum Gasteiger partial charge on any atom is 0.350 e. The lowest BCUT2D eigenvalue weighted by Crippen LogP contribution is -2.33. The van der Waals surface area contributed by atoms with E-state index in [9.17, 15) is 14.4 Å². The van der Waals surface area contributed by atoms with Crippen LogP contribution in [0.4, 0.5) is 20.7 Å². The summed E-state index contributed by atoms with van der Waals surface area (Å²) in [6.45, 7) is 2.32. The number of rotatable bonds is 5. The van der Waals surface area contributed by atoms with Crippen LogP contribution in [0, 0.1) is 12.7 Å². The molecule has 0 bridgehead atoms. The maximum absolute atomic E-state index is 15.7. The number of carbonyl (C=O) groups excluding carboxylic acids is 2. The summed E-state index contributed by atoms with van der Waals surface area (Å²) in [5.74, 6) is -1.32. The Hall–Kier alpha value is -4.80. The molecule has 0 aliphatic carbocycles. The van der Waals surface area contributed by atoms with Gasteiger partial charge < -0.3 is 5.73 Å². The second-order valence-electron chi connectivity index (χ2n) is 8.40. The molecule has 182 valence electrons. The van der Waals surface area contributed by atoms with Crippen molar-refractivity contribution in [3.63, 3.8) is 0 Å². The molecule has 1 saturated heterocycles. The molecule has 3 heterocycles. The average molecular weight is 487 g/mol. The van der Waals surface area contributed by atoms with Gasteiger partial charge in [0, 0.05) is 43.1 Å². The van der Waals surface area contributed by atoms with E-state index in [0.29, 0.717) is 23.5 Å². The summed E-state index contributed by atoms with van der Waals surface area (Å²) in [5.41, 5.74) is 8.06. The van der Waals surface area contributed by atoms with E-state index in [-0.39, 0.29) is 29.2 Å². The van der Waals surface area contributed by atoms with E-state index >= 15 is 4.39 Å². The molecule has 1 aliphatic heterocycles. The molecule has 3 amide bonds. The molecule has 2 aromatic heterocycles. The Morgan fingerprint density at radius 1 is 1.00 bits per heavy atom. The summed E-state index contributed by atoms with van der Waals surface area (Å²) in [6, 6.07) is 12.7. The number of benzene rings is 2. The highest BCUT2D eigenvalue weighted by Crippen LogP contribution is 2.33. The Morgan fingerprint density at radius 2 is 1.78 bits per heavy atom. The number of urea groups is 1. The molecule has 0 atom stereocenters. The van der Waals surface area contributed by atoms with Crippen molar-refractivity contribution in [1.29, 1.82) is 0 Å². The Morgan fingerprint density at radius 3 is 2.47 bits per heavy atom. The van der Waals surface area contributed by atoms with Gasteiger partial charge in [0.05, 0.1) is 5.69 Å². The predicted molar refractivity (Wildman–Crippen MR) is 132 cm³/mol. The monoisotopic (exact) mass is 487 g/mol. The molecule has 0 radical (unpaired) electrons. The van der Waals surface area contributed by atoms with Gasteiger partial charge in [0.2, 0.25) is 5.91 Å². The maximum atomic E-state index is 15.7. The van der Waals surface area contributed by atoms with E-state index in [1.807, 2.05) is 6.92 Å². The fourth-order valence-electron chi connectivity index (χ4n) is 4.29. The highest BCUT2D eigenvalue weighted by molar-refractivity contribution is 6.06. The highest BCUT2D eigenvalue weighted by Gasteiger charge is 2.34. The third-order valence-electron chi connectivity index (χ3n) is 6.18. The van der Waals surface area contributed by atoms with Crippen LogP contribution in [0.15, 0.2) is 65.8 Å². The van der Waals surface area contributed by atoms with Crippen molar-refractivity contribution >= 4 is 23.4 Å². The number of carbonyl (C=O) groups is 2. The number of pyridine rings is 1. The van der Waals surface area contributed by atoms with E-state index in [0.717, 1.165) is 5.56 Å². The van der Waals surface area contributed by atoms with Gasteiger partial charge in [0.15, 0.2) is 11.6 Å². The van der Waals surface area contributed by atoms with Crippen LogP contribution in [0.3, 0.4) is 0 Å². The Balaban J connectivity index is 1.47. The number of nitrogens with two attached hydrogens (primary N) is 1. The van der Waals surface area contributed by atoms with Gasteiger partial charge in [0.1, 0.15) is 6.33 Å². The van der Waals surface area contributed by atoms with Crippen LogP contribution >= 0.6 is 0 Å². The molecule has 4 aromatic rings. The minimum atomic E-state index is -0.631. The first-order chi connectivity index (χ1) is 17.3. The normalized spacial score (nSPS) is 13.5. The zero-order valence-electron chi connectivity index (χ0n) is 19.6. The summed E-state index contributed by atoms with van der Waals surface area (Å²) in [6.07, 6.45) is 2.88. The standard InChI is InChI=1S/C25H22FN7O3/c1-15-12-18(33-14-29-30(2)24(33)35)6-7-19(15)20-8-9-28-23(21(20)26)32-11-10-31(25(32)36)17-5-3-4-16(13-17)22(27)34/h3-9,12-14H,10-11H2,1-2H3,(H2,27,34). The van der Waals surface area contributed by atoms with E-state index < -0.39 is 17.8 Å². The lowest BCUT2D eigenvalue weighted by molar-refractivity contribution is 0.1000. The summed E-state index contributed by atoms with van der Waals surface area (Å²) < 4.78 is 18.4. The number of nitrogens with zero attached hydrogens (tertiary/aromatic N) is 6. The summed E-state index contributed by atoms with van der Waals surface area (Å²) in [7, 11) is 1.56. The first-order valence-corrected chi connectivity index (χ1v) is 11.1. The van der Waals surface area contributed by atoms with Crippen LogP contribution in [0.2, 0.25) is 0 Å². The van der Waals surface area contributed by atoms with Crippen molar-refractivity contribution in [2.75, 3.05) is 22.9 Å². The lowest BCUT2D eigenvalue weighted by atomic mass is 10.00. The zero-order chi connectivity index (χ0) is 25.6. The lowest BCUT2D eigenvalue weighted by Gasteiger charge is -2.20. The molecule has 5 rings (SSSR count).